The number of halogens is 2. The molecule has 148 valence electrons. The van der Waals surface area contributed by atoms with E-state index < -0.39 is 6.10 Å². The zero-order valence-electron chi connectivity index (χ0n) is 15.1. The molecule has 1 aromatic rings. The Labute approximate surface area is 171 Å². The zero-order chi connectivity index (χ0) is 17.9. The minimum atomic E-state index is -0.762. The highest BCUT2D eigenvalue weighted by atomic mass is 127. The fourth-order valence-electron chi connectivity index (χ4n) is 2.48. The molecule has 8 heteroatoms. The first kappa shape index (κ1) is 23.1. The largest absolute Gasteiger partial charge is 0.386 e. The number of nitrogens with zero attached hydrogens (tertiary/aromatic N) is 1. The van der Waals surface area contributed by atoms with Crippen molar-refractivity contribution in [3.63, 3.8) is 0 Å². The Hall–Kier alpha value is -0.970. The average molecular weight is 481 g/mol. The quantitative estimate of drug-likeness (QED) is 0.218. The van der Waals surface area contributed by atoms with Gasteiger partial charge >= 0.3 is 0 Å². The Morgan fingerprint density at radius 2 is 2.15 bits per heavy atom. The van der Waals surface area contributed by atoms with Crippen LogP contribution in [-0.4, -0.2) is 56.6 Å². The first-order valence-corrected chi connectivity index (χ1v) is 8.84. The molecule has 2 unspecified atom stereocenters. The number of rotatable bonds is 9. The number of aliphatic imine (C=N–C) groups is 1. The smallest absolute Gasteiger partial charge is 0.191 e. The molecule has 2 rings (SSSR count). The summed E-state index contributed by atoms with van der Waals surface area (Å²) in [6.07, 6.45) is 1.30. The summed E-state index contributed by atoms with van der Waals surface area (Å²) in [5.74, 6) is 0.328. The van der Waals surface area contributed by atoms with Crippen LogP contribution in [0.1, 0.15) is 31.4 Å². The predicted molar refractivity (Wildman–Crippen MR) is 111 cm³/mol. The highest BCUT2D eigenvalue weighted by molar-refractivity contribution is 14.0. The maximum atomic E-state index is 12.9. The lowest BCUT2D eigenvalue weighted by Crippen LogP contribution is -2.38. The van der Waals surface area contributed by atoms with E-state index in [1.807, 2.05) is 6.92 Å². The van der Waals surface area contributed by atoms with Gasteiger partial charge in [-0.05, 0) is 37.5 Å². The van der Waals surface area contributed by atoms with Crippen LogP contribution in [0.4, 0.5) is 4.39 Å². The summed E-state index contributed by atoms with van der Waals surface area (Å²) in [7, 11) is 0. The van der Waals surface area contributed by atoms with Crippen LogP contribution in [0.25, 0.3) is 0 Å². The van der Waals surface area contributed by atoms with Gasteiger partial charge in [0, 0.05) is 26.3 Å². The van der Waals surface area contributed by atoms with Crippen LogP contribution in [-0.2, 0) is 9.47 Å². The summed E-state index contributed by atoms with van der Waals surface area (Å²) in [5, 5.41) is 16.5. The van der Waals surface area contributed by atoms with Gasteiger partial charge in [-0.1, -0.05) is 12.1 Å². The van der Waals surface area contributed by atoms with E-state index in [4.69, 9.17) is 9.47 Å². The summed E-state index contributed by atoms with van der Waals surface area (Å²) in [4.78, 5) is 4.38. The molecule has 0 saturated carbocycles. The number of ether oxygens (including phenoxy) is 2. The molecule has 1 aromatic carbocycles. The Balaban J connectivity index is 0.00000338. The summed E-state index contributed by atoms with van der Waals surface area (Å²) >= 11 is 0. The molecule has 0 amide bonds. The van der Waals surface area contributed by atoms with Crippen LogP contribution in [0.3, 0.4) is 0 Å². The third-order valence-electron chi connectivity index (χ3n) is 3.88. The van der Waals surface area contributed by atoms with Crippen molar-refractivity contribution in [1.82, 2.24) is 10.6 Å². The maximum absolute atomic E-state index is 12.9. The van der Waals surface area contributed by atoms with Gasteiger partial charge in [-0.25, -0.2) is 4.39 Å². The van der Waals surface area contributed by atoms with Gasteiger partial charge < -0.3 is 25.2 Å². The second-order valence-electron chi connectivity index (χ2n) is 5.92. The number of aliphatic hydroxyl groups is 1. The molecule has 0 radical (unpaired) electrons. The lowest BCUT2D eigenvalue weighted by atomic mass is 10.1. The number of nitrogens with one attached hydrogen (secondary N) is 2. The van der Waals surface area contributed by atoms with Gasteiger partial charge in [-0.15, -0.1) is 24.0 Å². The first-order valence-electron chi connectivity index (χ1n) is 8.84. The highest BCUT2D eigenvalue weighted by Gasteiger charge is 2.15. The maximum Gasteiger partial charge on any atom is 0.191 e. The molecular weight excluding hydrogens is 452 g/mol. The number of guanidine groups is 1. The fraction of sp³-hybridized carbons (Fsp3) is 0.611. The first-order chi connectivity index (χ1) is 12.2. The van der Waals surface area contributed by atoms with E-state index in [1.165, 1.54) is 12.1 Å². The zero-order valence-corrected chi connectivity index (χ0v) is 17.4. The van der Waals surface area contributed by atoms with E-state index in [-0.39, 0.29) is 42.4 Å². The molecule has 2 atom stereocenters. The van der Waals surface area contributed by atoms with E-state index in [2.05, 4.69) is 15.6 Å². The minimum absolute atomic E-state index is 0. The molecular formula is C18H29FIN3O3. The lowest BCUT2D eigenvalue weighted by molar-refractivity contribution is 0.0420. The highest BCUT2D eigenvalue weighted by Crippen LogP contribution is 2.13. The van der Waals surface area contributed by atoms with E-state index in [9.17, 15) is 9.50 Å². The summed E-state index contributed by atoms with van der Waals surface area (Å²) in [6, 6.07) is 5.81. The van der Waals surface area contributed by atoms with E-state index in [0.717, 1.165) is 32.5 Å². The van der Waals surface area contributed by atoms with Gasteiger partial charge in [0.05, 0.1) is 25.4 Å². The standard InChI is InChI=1S/C18H28FN3O3.HI/c1-2-20-18(21-9-3-10-25-16-8-11-24-13-16)22-12-17(23)14-4-6-15(19)7-5-14;/h4-7,16-17,23H,2-3,8-13H2,1H3,(H2,20,21,22);1H. The normalized spacial score (nSPS) is 18.3. The van der Waals surface area contributed by atoms with E-state index in [0.29, 0.717) is 24.7 Å². The molecule has 1 aliphatic heterocycles. The van der Waals surface area contributed by atoms with Crippen LogP contribution in [0, 0.1) is 5.82 Å². The predicted octanol–water partition coefficient (Wildman–Crippen LogP) is 2.23. The summed E-state index contributed by atoms with van der Waals surface area (Å²) < 4.78 is 23.9. The number of benzene rings is 1. The molecule has 1 heterocycles. The molecule has 3 N–H and O–H groups in total. The van der Waals surface area contributed by atoms with Crippen LogP contribution in [0.2, 0.25) is 0 Å². The van der Waals surface area contributed by atoms with Gasteiger partial charge in [0.2, 0.25) is 0 Å². The number of hydrogen-bond donors (Lipinski definition) is 3. The Morgan fingerprint density at radius 1 is 1.38 bits per heavy atom. The molecule has 6 nitrogen and oxygen atoms in total. The van der Waals surface area contributed by atoms with Gasteiger partial charge in [0.15, 0.2) is 5.96 Å². The molecule has 26 heavy (non-hydrogen) atoms. The molecule has 0 aromatic heterocycles. The monoisotopic (exact) mass is 481 g/mol. The molecule has 1 saturated heterocycles. The van der Waals surface area contributed by atoms with Crippen molar-refractivity contribution in [3.05, 3.63) is 35.6 Å². The van der Waals surface area contributed by atoms with Gasteiger partial charge in [-0.3, -0.25) is 4.99 Å². The molecule has 0 spiro atoms. The van der Waals surface area contributed by atoms with Crippen LogP contribution in [0.5, 0.6) is 0 Å². The molecule has 1 aliphatic rings. The van der Waals surface area contributed by atoms with Crippen molar-refractivity contribution in [3.8, 4) is 0 Å². The number of aliphatic hydroxyl groups excluding tert-OH is 1. The second-order valence-corrected chi connectivity index (χ2v) is 5.92. The van der Waals surface area contributed by atoms with E-state index in [1.54, 1.807) is 12.1 Å². The third kappa shape index (κ3) is 8.61. The molecule has 0 aliphatic carbocycles. The molecule has 0 bridgehead atoms. The Bertz CT molecular complexity index is 525. The van der Waals surface area contributed by atoms with Crippen molar-refractivity contribution in [2.45, 2.75) is 32.0 Å². The Morgan fingerprint density at radius 3 is 2.81 bits per heavy atom. The van der Waals surface area contributed by atoms with Gasteiger partial charge in [0.1, 0.15) is 5.82 Å². The van der Waals surface area contributed by atoms with Crippen LogP contribution >= 0.6 is 24.0 Å². The SMILES string of the molecule is CCNC(=NCC(O)c1ccc(F)cc1)NCCCOC1CCOC1.I. The Kier molecular flexibility index (Phi) is 11.7. The van der Waals surface area contributed by atoms with Crippen molar-refractivity contribution in [2.24, 2.45) is 4.99 Å². The lowest BCUT2D eigenvalue weighted by Gasteiger charge is -2.14. The van der Waals surface area contributed by atoms with E-state index >= 15 is 0 Å². The second kappa shape index (κ2) is 13.2. The van der Waals surface area contributed by atoms with Crippen molar-refractivity contribution in [1.29, 1.82) is 0 Å². The average Bonchev–Trinajstić information content (AvgIpc) is 3.13. The van der Waals surface area contributed by atoms with Gasteiger partial charge in [-0.2, -0.15) is 0 Å². The van der Waals surface area contributed by atoms with Crippen LogP contribution in [0.15, 0.2) is 29.3 Å². The molecule has 1 fully saturated rings. The van der Waals surface area contributed by atoms with Crippen molar-refractivity contribution in [2.75, 3.05) is 39.5 Å². The summed E-state index contributed by atoms with van der Waals surface area (Å²) in [5.41, 5.74) is 0.646. The van der Waals surface area contributed by atoms with Crippen LogP contribution < -0.4 is 10.6 Å². The summed E-state index contributed by atoms with van der Waals surface area (Å²) in [6.45, 7) is 5.81. The fourth-order valence-corrected chi connectivity index (χ4v) is 2.48. The minimum Gasteiger partial charge on any atom is -0.386 e. The van der Waals surface area contributed by atoms with Crippen molar-refractivity contribution >= 4 is 29.9 Å². The van der Waals surface area contributed by atoms with Crippen molar-refractivity contribution < 1.29 is 19.0 Å². The third-order valence-corrected chi connectivity index (χ3v) is 3.88. The van der Waals surface area contributed by atoms with Gasteiger partial charge in [0.25, 0.3) is 0 Å². The topological polar surface area (TPSA) is 75.1 Å². The number of hydrogen-bond acceptors (Lipinski definition) is 4.